The Morgan fingerprint density at radius 2 is 2.06 bits per heavy atom. The number of rotatable bonds is 6. The van der Waals surface area contributed by atoms with Crippen LogP contribution in [0.5, 0.6) is 11.5 Å². The van der Waals surface area contributed by atoms with E-state index in [1.165, 1.54) is 6.07 Å². The molecule has 0 radical (unpaired) electrons. The summed E-state index contributed by atoms with van der Waals surface area (Å²) in [5.74, 6) is -0.992. The van der Waals surface area contributed by atoms with Crippen LogP contribution in [0.2, 0.25) is 0 Å². The SMILES string of the molecule is CCCCCCOc1ccc(Br)c(O)c1F. The number of phenolic OH excluding ortho intramolecular Hbond substituents is 1. The predicted octanol–water partition coefficient (Wildman–Crippen LogP) is 4.25. The summed E-state index contributed by atoms with van der Waals surface area (Å²) in [6.45, 7) is 2.62. The number of unbranched alkanes of at least 4 members (excludes halogenated alkanes) is 3. The minimum Gasteiger partial charge on any atom is -0.504 e. The average Bonchev–Trinajstić information content (AvgIpc) is 2.28. The highest BCUT2D eigenvalue weighted by Crippen LogP contribution is 2.32. The molecule has 1 aromatic rings. The Morgan fingerprint density at radius 3 is 2.75 bits per heavy atom. The smallest absolute Gasteiger partial charge is 0.207 e. The van der Waals surface area contributed by atoms with Crippen molar-refractivity contribution in [3.05, 3.63) is 22.4 Å². The van der Waals surface area contributed by atoms with Crippen molar-refractivity contribution in [2.45, 2.75) is 32.6 Å². The molecule has 0 aliphatic heterocycles. The van der Waals surface area contributed by atoms with Gasteiger partial charge in [-0.1, -0.05) is 26.2 Å². The number of aromatic hydroxyl groups is 1. The summed E-state index contributed by atoms with van der Waals surface area (Å²) in [6.07, 6.45) is 4.32. The summed E-state index contributed by atoms with van der Waals surface area (Å²) < 4.78 is 19.0. The second-order valence-corrected chi connectivity index (χ2v) is 4.47. The van der Waals surface area contributed by atoms with Crippen molar-refractivity contribution in [1.29, 1.82) is 0 Å². The van der Waals surface area contributed by atoms with Gasteiger partial charge in [0.05, 0.1) is 11.1 Å². The van der Waals surface area contributed by atoms with E-state index in [1.54, 1.807) is 6.07 Å². The van der Waals surface area contributed by atoms with Gasteiger partial charge in [0, 0.05) is 0 Å². The largest absolute Gasteiger partial charge is 0.504 e. The number of hydrogen-bond donors (Lipinski definition) is 1. The van der Waals surface area contributed by atoms with E-state index >= 15 is 0 Å². The van der Waals surface area contributed by atoms with Gasteiger partial charge in [-0.2, -0.15) is 4.39 Å². The molecule has 0 unspecified atom stereocenters. The molecule has 90 valence electrons. The monoisotopic (exact) mass is 290 g/mol. The molecule has 0 fully saturated rings. The van der Waals surface area contributed by atoms with Crippen LogP contribution in [0, 0.1) is 5.82 Å². The first kappa shape index (κ1) is 13.3. The zero-order chi connectivity index (χ0) is 12.0. The van der Waals surface area contributed by atoms with Crippen molar-refractivity contribution in [1.82, 2.24) is 0 Å². The van der Waals surface area contributed by atoms with Crippen LogP contribution in [0.25, 0.3) is 0 Å². The van der Waals surface area contributed by atoms with Gasteiger partial charge in [-0.05, 0) is 34.5 Å². The fourth-order valence-electron chi connectivity index (χ4n) is 1.34. The first-order valence-corrected chi connectivity index (χ1v) is 6.26. The average molecular weight is 291 g/mol. The van der Waals surface area contributed by atoms with Gasteiger partial charge in [0.1, 0.15) is 0 Å². The number of halogens is 2. The van der Waals surface area contributed by atoms with Gasteiger partial charge in [0.25, 0.3) is 0 Å². The molecular weight excluding hydrogens is 275 g/mol. The van der Waals surface area contributed by atoms with Gasteiger partial charge in [-0.3, -0.25) is 0 Å². The van der Waals surface area contributed by atoms with Gasteiger partial charge in [0.15, 0.2) is 11.5 Å². The summed E-state index contributed by atoms with van der Waals surface area (Å²) >= 11 is 3.04. The lowest BCUT2D eigenvalue weighted by Crippen LogP contribution is -1.99. The number of hydrogen-bond acceptors (Lipinski definition) is 2. The third-order valence-corrected chi connectivity index (χ3v) is 2.93. The fraction of sp³-hybridized carbons (Fsp3) is 0.500. The first-order valence-electron chi connectivity index (χ1n) is 5.46. The summed E-state index contributed by atoms with van der Waals surface area (Å²) in [4.78, 5) is 0. The molecule has 1 aromatic carbocycles. The zero-order valence-corrected chi connectivity index (χ0v) is 10.9. The molecule has 0 spiro atoms. The summed E-state index contributed by atoms with van der Waals surface area (Å²) in [6, 6.07) is 3.08. The van der Waals surface area contributed by atoms with Gasteiger partial charge < -0.3 is 9.84 Å². The van der Waals surface area contributed by atoms with Crippen LogP contribution < -0.4 is 4.74 Å². The molecule has 1 rings (SSSR count). The Morgan fingerprint density at radius 1 is 1.31 bits per heavy atom. The third-order valence-electron chi connectivity index (χ3n) is 2.29. The highest BCUT2D eigenvalue weighted by Gasteiger charge is 2.11. The first-order chi connectivity index (χ1) is 7.66. The lowest BCUT2D eigenvalue weighted by molar-refractivity contribution is 0.284. The minimum absolute atomic E-state index is 0.109. The molecule has 4 heteroatoms. The maximum atomic E-state index is 13.4. The molecule has 0 aliphatic rings. The second kappa shape index (κ2) is 6.74. The Bertz CT molecular complexity index is 342. The van der Waals surface area contributed by atoms with Crippen LogP contribution in [-0.4, -0.2) is 11.7 Å². The van der Waals surface area contributed by atoms with Gasteiger partial charge in [0.2, 0.25) is 5.82 Å². The molecule has 16 heavy (non-hydrogen) atoms. The van der Waals surface area contributed by atoms with Crippen molar-refractivity contribution in [2.24, 2.45) is 0 Å². The lowest BCUT2D eigenvalue weighted by atomic mass is 10.2. The van der Waals surface area contributed by atoms with Gasteiger partial charge in [-0.25, -0.2) is 0 Å². The molecule has 0 atom stereocenters. The second-order valence-electron chi connectivity index (χ2n) is 3.62. The summed E-state index contributed by atoms with van der Waals surface area (Å²) in [5, 5.41) is 9.33. The molecule has 0 bridgehead atoms. The summed E-state index contributed by atoms with van der Waals surface area (Å²) in [5.41, 5.74) is 0. The van der Waals surface area contributed by atoms with E-state index in [1.807, 2.05) is 0 Å². The number of phenols is 1. The van der Waals surface area contributed by atoms with Crippen molar-refractivity contribution in [2.75, 3.05) is 6.61 Å². The van der Waals surface area contributed by atoms with Crippen molar-refractivity contribution >= 4 is 15.9 Å². The topological polar surface area (TPSA) is 29.5 Å². The van der Waals surface area contributed by atoms with Crippen LogP contribution in [0.1, 0.15) is 32.6 Å². The zero-order valence-electron chi connectivity index (χ0n) is 9.30. The molecule has 0 aromatic heterocycles. The molecule has 2 nitrogen and oxygen atoms in total. The van der Waals surface area contributed by atoms with E-state index in [9.17, 15) is 9.50 Å². The van der Waals surface area contributed by atoms with Crippen LogP contribution in [-0.2, 0) is 0 Å². The van der Waals surface area contributed by atoms with Crippen LogP contribution in [0.4, 0.5) is 4.39 Å². The van der Waals surface area contributed by atoms with E-state index in [-0.39, 0.29) is 5.75 Å². The molecule has 0 saturated heterocycles. The quantitative estimate of drug-likeness (QED) is 0.794. The molecule has 0 aliphatic carbocycles. The maximum Gasteiger partial charge on any atom is 0.207 e. The number of ether oxygens (including phenoxy) is 1. The van der Waals surface area contributed by atoms with E-state index < -0.39 is 11.6 Å². The molecule has 0 amide bonds. The molecule has 0 saturated carbocycles. The lowest BCUT2D eigenvalue weighted by Gasteiger charge is -2.08. The standard InChI is InChI=1S/C12H16BrFO2/c1-2-3-4-5-8-16-10-7-6-9(13)12(15)11(10)14/h6-7,15H,2-5,8H2,1H3. The van der Waals surface area contributed by atoms with Crippen LogP contribution in [0.15, 0.2) is 16.6 Å². The van der Waals surface area contributed by atoms with Gasteiger partial charge in [-0.15, -0.1) is 0 Å². The minimum atomic E-state index is -0.704. The normalized spacial score (nSPS) is 10.4. The fourth-order valence-corrected chi connectivity index (χ4v) is 1.65. The predicted molar refractivity (Wildman–Crippen MR) is 65.4 cm³/mol. The Balaban J connectivity index is 2.45. The van der Waals surface area contributed by atoms with Crippen LogP contribution in [0.3, 0.4) is 0 Å². The van der Waals surface area contributed by atoms with E-state index in [4.69, 9.17) is 4.74 Å². The highest BCUT2D eigenvalue weighted by atomic mass is 79.9. The molecular formula is C12H16BrFO2. The molecule has 1 N–H and O–H groups in total. The van der Waals surface area contributed by atoms with Gasteiger partial charge >= 0.3 is 0 Å². The van der Waals surface area contributed by atoms with E-state index in [2.05, 4.69) is 22.9 Å². The summed E-state index contributed by atoms with van der Waals surface area (Å²) in [7, 11) is 0. The van der Waals surface area contributed by atoms with Crippen molar-refractivity contribution in [3.8, 4) is 11.5 Å². The van der Waals surface area contributed by atoms with E-state index in [0.29, 0.717) is 11.1 Å². The van der Waals surface area contributed by atoms with Crippen molar-refractivity contribution < 1.29 is 14.2 Å². The third kappa shape index (κ3) is 3.67. The Labute approximate surface area is 104 Å². The van der Waals surface area contributed by atoms with Crippen LogP contribution >= 0.6 is 15.9 Å². The number of benzene rings is 1. The Kier molecular flexibility index (Phi) is 5.60. The maximum absolute atomic E-state index is 13.4. The molecule has 0 heterocycles. The van der Waals surface area contributed by atoms with Crippen molar-refractivity contribution in [3.63, 3.8) is 0 Å². The Hall–Kier alpha value is -0.770. The van der Waals surface area contributed by atoms with E-state index in [0.717, 1.165) is 25.7 Å². The highest BCUT2D eigenvalue weighted by molar-refractivity contribution is 9.10.